The number of aliphatic hydroxyl groups excluding tert-OH is 1. The smallest absolute Gasteiger partial charge is 0.410 e. The Morgan fingerprint density at radius 3 is 2.82 bits per heavy atom. The van der Waals surface area contributed by atoms with Crippen LogP contribution in [0.25, 0.3) is 0 Å². The van der Waals surface area contributed by atoms with Crippen LogP contribution in [0.2, 0.25) is 0 Å². The van der Waals surface area contributed by atoms with Crippen molar-refractivity contribution in [2.75, 3.05) is 31.5 Å². The van der Waals surface area contributed by atoms with E-state index in [-0.39, 0.29) is 18.5 Å². The zero-order valence-corrected chi connectivity index (χ0v) is 22.2. The topological polar surface area (TPSA) is 116 Å². The predicted molar refractivity (Wildman–Crippen MR) is 143 cm³/mol. The Morgan fingerprint density at radius 2 is 2.03 bits per heavy atom. The second kappa shape index (κ2) is 11.5. The van der Waals surface area contributed by atoms with E-state index < -0.39 is 18.2 Å². The van der Waals surface area contributed by atoms with Gasteiger partial charge in [-0.2, -0.15) is 0 Å². The van der Waals surface area contributed by atoms with Crippen molar-refractivity contribution in [3.05, 3.63) is 70.6 Å². The molecule has 1 aromatic heterocycles. The minimum Gasteiger partial charge on any atom is -0.445 e. The molecule has 0 bridgehead atoms. The minimum atomic E-state index is -0.818. The highest BCUT2D eigenvalue weighted by Crippen LogP contribution is 2.34. The number of ether oxygens (including phenoxy) is 1. The van der Waals surface area contributed by atoms with Crippen molar-refractivity contribution in [1.29, 1.82) is 0 Å². The van der Waals surface area contributed by atoms with Gasteiger partial charge in [-0.3, -0.25) is 9.80 Å². The van der Waals surface area contributed by atoms with Crippen molar-refractivity contribution in [2.24, 2.45) is 0 Å². The van der Waals surface area contributed by atoms with E-state index in [1.54, 1.807) is 0 Å². The molecule has 1 amide bonds. The lowest BCUT2D eigenvalue weighted by Crippen LogP contribution is -2.48. The van der Waals surface area contributed by atoms with E-state index in [0.29, 0.717) is 19.0 Å². The molecule has 2 saturated heterocycles. The molecule has 38 heavy (non-hydrogen) atoms. The minimum absolute atomic E-state index is 0.150. The lowest BCUT2D eigenvalue weighted by Gasteiger charge is -2.32. The van der Waals surface area contributed by atoms with E-state index in [4.69, 9.17) is 9.15 Å². The Kier molecular flexibility index (Phi) is 7.92. The van der Waals surface area contributed by atoms with Gasteiger partial charge in [0.25, 0.3) is 0 Å². The fraction of sp³-hybridized carbons (Fsp3) is 0.464. The van der Waals surface area contributed by atoms with Crippen LogP contribution >= 0.6 is 0 Å². The lowest BCUT2D eigenvalue weighted by atomic mass is 10.0. The van der Waals surface area contributed by atoms with Crippen molar-refractivity contribution in [1.82, 2.24) is 25.3 Å². The van der Waals surface area contributed by atoms with Gasteiger partial charge in [-0.05, 0) is 55.5 Å². The highest BCUT2D eigenvalue weighted by atomic mass is 16.6. The third-order valence-electron chi connectivity index (χ3n) is 7.25. The molecule has 2 aromatic carbocycles. The highest BCUT2D eigenvalue weighted by molar-refractivity contribution is 5.69. The van der Waals surface area contributed by atoms with Crippen LogP contribution in [0.5, 0.6) is 0 Å². The van der Waals surface area contributed by atoms with E-state index in [1.165, 1.54) is 10.5 Å². The van der Waals surface area contributed by atoms with Crippen molar-refractivity contribution in [3.63, 3.8) is 0 Å². The molecule has 202 valence electrons. The number of aryl methyl sites for hydroxylation is 1. The largest absolute Gasteiger partial charge is 0.445 e. The second-order valence-electron chi connectivity index (χ2n) is 10.3. The first-order valence-electron chi connectivity index (χ1n) is 13.2. The third-order valence-corrected chi connectivity index (χ3v) is 7.25. The summed E-state index contributed by atoms with van der Waals surface area (Å²) in [6.07, 6.45) is -0.938. The number of likely N-dealkylation sites (tertiary alicyclic amines) is 1. The van der Waals surface area contributed by atoms with E-state index in [9.17, 15) is 9.90 Å². The molecule has 0 saturated carbocycles. The van der Waals surface area contributed by atoms with Gasteiger partial charge in [0, 0.05) is 44.5 Å². The number of benzene rings is 2. The summed E-state index contributed by atoms with van der Waals surface area (Å²) in [7, 11) is 0. The zero-order chi connectivity index (χ0) is 26.6. The van der Waals surface area contributed by atoms with Crippen molar-refractivity contribution in [3.8, 4) is 0 Å². The van der Waals surface area contributed by atoms with Gasteiger partial charge in [0.15, 0.2) is 0 Å². The van der Waals surface area contributed by atoms with E-state index in [0.717, 1.165) is 48.6 Å². The average molecular weight is 521 g/mol. The van der Waals surface area contributed by atoms with Gasteiger partial charge in [-0.25, -0.2) is 4.79 Å². The van der Waals surface area contributed by atoms with Crippen LogP contribution in [0, 0.1) is 13.8 Å². The number of hydrogen-bond donors (Lipinski definition) is 3. The number of carbonyl (C=O) groups is 1. The first kappa shape index (κ1) is 26.1. The van der Waals surface area contributed by atoms with Gasteiger partial charge in [-0.1, -0.05) is 41.5 Å². The Morgan fingerprint density at radius 1 is 1.21 bits per heavy atom. The monoisotopic (exact) mass is 520 g/mol. The van der Waals surface area contributed by atoms with Crippen LogP contribution in [0.3, 0.4) is 0 Å². The highest BCUT2D eigenvalue weighted by Gasteiger charge is 2.41. The van der Waals surface area contributed by atoms with Crippen LogP contribution in [0.1, 0.15) is 47.5 Å². The maximum Gasteiger partial charge on any atom is 0.410 e. The predicted octanol–water partition coefficient (Wildman–Crippen LogP) is 3.67. The number of anilines is 2. The van der Waals surface area contributed by atoms with Crippen LogP contribution in [-0.2, 0) is 17.9 Å². The molecular formula is C28H36N6O4. The first-order chi connectivity index (χ1) is 18.4. The quantitative estimate of drug-likeness (QED) is 0.429. The number of nitrogens with one attached hydrogen (secondary N) is 2. The van der Waals surface area contributed by atoms with Crippen LogP contribution in [0.15, 0.2) is 46.9 Å². The van der Waals surface area contributed by atoms with Crippen molar-refractivity contribution < 1.29 is 19.1 Å². The SMILES string of the molecule is Cc1cc(CN2CCN[C@@H](C)C2)c(C)c(Nc2nnc(C3[C@H](O)CCN3C(=O)OCc3ccccc3)o2)c1. The fourth-order valence-corrected chi connectivity index (χ4v) is 5.23. The molecule has 2 fully saturated rings. The number of carbonyl (C=O) groups excluding carboxylic acids is 1. The summed E-state index contributed by atoms with van der Waals surface area (Å²) < 4.78 is 11.4. The fourth-order valence-electron chi connectivity index (χ4n) is 5.23. The van der Waals surface area contributed by atoms with Gasteiger partial charge in [0.2, 0.25) is 5.89 Å². The average Bonchev–Trinajstić information content (AvgIpc) is 3.52. The molecule has 0 spiro atoms. The van der Waals surface area contributed by atoms with Gasteiger partial charge in [0.05, 0.1) is 6.10 Å². The summed E-state index contributed by atoms with van der Waals surface area (Å²) in [5.74, 6) is 0.175. The van der Waals surface area contributed by atoms with Crippen molar-refractivity contribution >= 4 is 17.8 Å². The first-order valence-corrected chi connectivity index (χ1v) is 13.2. The van der Waals surface area contributed by atoms with E-state index >= 15 is 0 Å². The van der Waals surface area contributed by atoms with Crippen LogP contribution in [-0.4, -0.2) is 69.5 Å². The van der Waals surface area contributed by atoms with Gasteiger partial charge in [-0.15, -0.1) is 5.10 Å². The molecule has 1 unspecified atom stereocenters. The summed E-state index contributed by atoms with van der Waals surface area (Å²) >= 11 is 0. The Bertz CT molecular complexity index is 1250. The van der Waals surface area contributed by atoms with Gasteiger partial charge < -0.3 is 24.9 Å². The molecule has 10 heteroatoms. The van der Waals surface area contributed by atoms with Crippen LogP contribution < -0.4 is 10.6 Å². The molecular weight excluding hydrogens is 484 g/mol. The third kappa shape index (κ3) is 5.98. The Labute approximate surface area is 223 Å². The number of hydrogen-bond acceptors (Lipinski definition) is 9. The zero-order valence-electron chi connectivity index (χ0n) is 22.2. The van der Waals surface area contributed by atoms with Crippen molar-refractivity contribution in [2.45, 2.75) is 58.5 Å². The number of rotatable bonds is 7. The standard InChI is InChI=1S/C28H36N6O4/c1-18-13-22(16-33-12-10-29-19(2)15-33)20(3)23(14-18)30-27-32-31-26(38-27)25-24(35)9-11-34(25)28(36)37-17-21-7-5-4-6-8-21/h4-8,13-14,19,24-25,29,35H,9-12,15-17H2,1-3H3,(H,30,32)/t19-,24+,25?/m0/s1. The summed E-state index contributed by atoms with van der Waals surface area (Å²) in [4.78, 5) is 16.7. The number of piperazine rings is 1. The Hall–Kier alpha value is -3.47. The molecule has 5 rings (SSSR count). The molecule has 0 aliphatic carbocycles. The van der Waals surface area contributed by atoms with E-state index in [2.05, 4.69) is 58.6 Å². The second-order valence-corrected chi connectivity index (χ2v) is 10.3. The lowest BCUT2D eigenvalue weighted by molar-refractivity contribution is 0.0629. The maximum absolute atomic E-state index is 12.8. The molecule has 3 atom stereocenters. The van der Waals surface area contributed by atoms with Crippen LogP contribution in [0.4, 0.5) is 16.5 Å². The van der Waals surface area contributed by atoms with Gasteiger partial charge in [0.1, 0.15) is 12.6 Å². The molecule has 3 N–H and O–H groups in total. The molecule has 3 aromatic rings. The summed E-state index contributed by atoms with van der Waals surface area (Å²) in [5.41, 5.74) is 5.29. The normalized spacial score (nSPS) is 22.0. The Balaban J connectivity index is 1.27. The molecule has 2 aliphatic heterocycles. The molecule has 0 radical (unpaired) electrons. The van der Waals surface area contributed by atoms with Gasteiger partial charge >= 0.3 is 12.1 Å². The molecule has 3 heterocycles. The number of aromatic nitrogens is 2. The summed E-state index contributed by atoms with van der Waals surface area (Å²) in [6, 6.07) is 13.7. The number of nitrogens with zero attached hydrogens (tertiary/aromatic N) is 4. The van der Waals surface area contributed by atoms with E-state index in [1.807, 2.05) is 30.3 Å². The number of aliphatic hydroxyl groups is 1. The molecule has 2 aliphatic rings. The number of amides is 1. The maximum atomic E-state index is 12.8. The summed E-state index contributed by atoms with van der Waals surface area (Å²) in [5, 5.41) is 25.7. The molecule has 10 nitrogen and oxygen atoms in total. The summed E-state index contributed by atoms with van der Waals surface area (Å²) in [6.45, 7) is 10.8.